The van der Waals surface area contributed by atoms with Crippen molar-refractivity contribution in [1.29, 1.82) is 0 Å². The SMILES string of the molecule is COc1ccc(Cl)cc1-c1noc(Cn2nc(C)c(Cl)c2C)n1. The topological polar surface area (TPSA) is 66.0 Å². The van der Waals surface area contributed by atoms with Crippen molar-refractivity contribution in [2.75, 3.05) is 7.11 Å². The zero-order chi connectivity index (χ0) is 16.6. The lowest BCUT2D eigenvalue weighted by Gasteiger charge is -2.04. The number of aromatic nitrogens is 4. The second kappa shape index (κ2) is 6.22. The molecule has 0 spiro atoms. The summed E-state index contributed by atoms with van der Waals surface area (Å²) in [5.74, 6) is 1.45. The highest BCUT2D eigenvalue weighted by atomic mass is 35.5. The zero-order valence-corrected chi connectivity index (χ0v) is 14.3. The second-order valence-electron chi connectivity index (χ2n) is 5.00. The van der Waals surface area contributed by atoms with Crippen LogP contribution < -0.4 is 4.74 Å². The van der Waals surface area contributed by atoms with Gasteiger partial charge in [0.05, 0.1) is 29.1 Å². The van der Waals surface area contributed by atoms with E-state index >= 15 is 0 Å². The maximum atomic E-state index is 6.14. The summed E-state index contributed by atoms with van der Waals surface area (Å²) in [6.45, 7) is 4.08. The molecule has 0 atom stereocenters. The molecule has 6 nitrogen and oxygen atoms in total. The molecular formula is C15H14Cl2N4O2. The van der Waals surface area contributed by atoms with Crippen LogP contribution in [-0.2, 0) is 6.54 Å². The van der Waals surface area contributed by atoms with Crippen molar-refractivity contribution in [3.05, 3.63) is 45.5 Å². The van der Waals surface area contributed by atoms with Crippen LogP contribution in [0.15, 0.2) is 22.7 Å². The maximum Gasteiger partial charge on any atom is 0.248 e. The van der Waals surface area contributed by atoms with Crippen molar-refractivity contribution in [3.63, 3.8) is 0 Å². The zero-order valence-electron chi connectivity index (χ0n) is 12.8. The van der Waals surface area contributed by atoms with Crippen LogP contribution in [0.2, 0.25) is 10.0 Å². The lowest BCUT2D eigenvalue weighted by atomic mass is 10.2. The molecule has 0 aliphatic carbocycles. The molecule has 0 aliphatic heterocycles. The first-order valence-electron chi connectivity index (χ1n) is 6.85. The fourth-order valence-electron chi connectivity index (χ4n) is 2.24. The van der Waals surface area contributed by atoms with Crippen molar-refractivity contribution in [2.45, 2.75) is 20.4 Å². The van der Waals surface area contributed by atoms with Crippen molar-refractivity contribution in [2.24, 2.45) is 0 Å². The number of nitrogens with zero attached hydrogens (tertiary/aromatic N) is 4. The van der Waals surface area contributed by atoms with Gasteiger partial charge in [-0.1, -0.05) is 28.4 Å². The van der Waals surface area contributed by atoms with Gasteiger partial charge in [-0.15, -0.1) is 0 Å². The highest BCUT2D eigenvalue weighted by molar-refractivity contribution is 6.31. The Balaban J connectivity index is 1.92. The number of hydrogen-bond donors (Lipinski definition) is 0. The number of ether oxygens (including phenoxy) is 1. The molecule has 0 N–H and O–H groups in total. The van der Waals surface area contributed by atoms with Crippen molar-refractivity contribution >= 4 is 23.2 Å². The quantitative estimate of drug-likeness (QED) is 0.711. The molecule has 1 aromatic carbocycles. The highest BCUT2D eigenvalue weighted by Crippen LogP contribution is 2.30. The molecule has 120 valence electrons. The Morgan fingerprint density at radius 2 is 2.04 bits per heavy atom. The number of halogens is 2. The Hall–Kier alpha value is -2.05. The third-order valence-electron chi connectivity index (χ3n) is 3.45. The molecule has 3 aromatic rings. The predicted octanol–water partition coefficient (Wildman–Crippen LogP) is 3.91. The van der Waals surface area contributed by atoms with Crippen molar-refractivity contribution in [1.82, 2.24) is 19.9 Å². The van der Waals surface area contributed by atoms with E-state index in [1.54, 1.807) is 30.0 Å². The first-order valence-corrected chi connectivity index (χ1v) is 7.61. The van der Waals surface area contributed by atoms with E-state index in [-0.39, 0.29) is 0 Å². The Morgan fingerprint density at radius 3 is 2.70 bits per heavy atom. The monoisotopic (exact) mass is 352 g/mol. The van der Waals surface area contributed by atoms with Gasteiger partial charge in [-0.25, -0.2) is 0 Å². The Labute approximate surface area is 143 Å². The largest absolute Gasteiger partial charge is 0.496 e. The number of aryl methyl sites for hydroxylation is 1. The first-order chi connectivity index (χ1) is 11.0. The van der Waals surface area contributed by atoms with Gasteiger partial charge in [-0.2, -0.15) is 10.1 Å². The van der Waals surface area contributed by atoms with Crippen molar-refractivity contribution in [3.8, 4) is 17.1 Å². The van der Waals surface area contributed by atoms with Gasteiger partial charge in [0.1, 0.15) is 12.3 Å². The van der Waals surface area contributed by atoms with Crippen LogP contribution in [0.5, 0.6) is 5.75 Å². The number of benzene rings is 1. The third-order valence-corrected chi connectivity index (χ3v) is 4.23. The molecule has 0 amide bonds. The van der Waals surface area contributed by atoms with Gasteiger partial charge in [-0.3, -0.25) is 4.68 Å². The van der Waals surface area contributed by atoms with Crippen LogP contribution in [0, 0.1) is 13.8 Å². The summed E-state index contributed by atoms with van der Waals surface area (Å²) in [4.78, 5) is 4.39. The maximum absolute atomic E-state index is 6.14. The van der Waals surface area contributed by atoms with Gasteiger partial charge >= 0.3 is 0 Å². The first kappa shape index (κ1) is 15.8. The summed E-state index contributed by atoms with van der Waals surface area (Å²) < 4.78 is 12.3. The molecule has 2 aromatic heterocycles. The molecule has 0 bridgehead atoms. The normalized spacial score (nSPS) is 11.0. The third kappa shape index (κ3) is 3.04. The van der Waals surface area contributed by atoms with Gasteiger partial charge in [-0.05, 0) is 32.0 Å². The summed E-state index contributed by atoms with van der Waals surface area (Å²) >= 11 is 12.2. The summed E-state index contributed by atoms with van der Waals surface area (Å²) in [6, 6.07) is 5.23. The van der Waals surface area contributed by atoms with E-state index in [9.17, 15) is 0 Å². The summed E-state index contributed by atoms with van der Waals surface area (Å²) in [7, 11) is 1.58. The molecule has 0 radical (unpaired) electrons. The molecule has 0 saturated carbocycles. The van der Waals surface area contributed by atoms with Crippen LogP contribution in [0.1, 0.15) is 17.3 Å². The minimum absolute atomic E-state index is 0.343. The van der Waals surface area contributed by atoms with Crippen LogP contribution >= 0.6 is 23.2 Å². The minimum atomic E-state index is 0.343. The minimum Gasteiger partial charge on any atom is -0.496 e. The summed E-state index contributed by atoms with van der Waals surface area (Å²) in [6.07, 6.45) is 0. The lowest BCUT2D eigenvalue weighted by Crippen LogP contribution is -2.04. The fraction of sp³-hybridized carbons (Fsp3) is 0.267. The van der Waals surface area contributed by atoms with E-state index in [0.29, 0.717) is 39.6 Å². The highest BCUT2D eigenvalue weighted by Gasteiger charge is 2.16. The van der Waals surface area contributed by atoms with E-state index in [2.05, 4.69) is 15.2 Å². The number of methoxy groups -OCH3 is 1. The lowest BCUT2D eigenvalue weighted by molar-refractivity contribution is 0.364. The summed E-state index contributed by atoms with van der Waals surface area (Å²) in [5.41, 5.74) is 2.28. The van der Waals surface area contributed by atoms with Crippen LogP contribution in [-0.4, -0.2) is 27.0 Å². The van der Waals surface area contributed by atoms with Gasteiger partial charge in [0.15, 0.2) is 0 Å². The molecule has 0 fully saturated rings. The molecular weight excluding hydrogens is 339 g/mol. The predicted molar refractivity (Wildman–Crippen MR) is 87.1 cm³/mol. The van der Waals surface area contributed by atoms with E-state index in [1.165, 1.54) is 0 Å². The van der Waals surface area contributed by atoms with E-state index in [1.807, 2.05) is 13.8 Å². The standard InChI is InChI=1S/C15H14Cl2N4O2/c1-8-14(17)9(2)21(19-8)7-13-18-15(20-23-13)11-6-10(16)4-5-12(11)22-3/h4-6H,7H2,1-3H3. The molecule has 8 heteroatoms. The molecule has 0 unspecified atom stereocenters. The van der Waals surface area contributed by atoms with E-state index in [0.717, 1.165) is 11.4 Å². The summed E-state index contributed by atoms with van der Waals surface area (Å²) in [5, 5.41) is 9.55. The average Bonchev–Trinajstić information content (AvgIpc) is 3.09. The molecule has 23 heavy (non-hydrogen) atoms. The van der Waals surface area contributed by atoms with Crippen LogP contribution in [0.4, 0.5) is 0 Å². The van der Waals surface area contributed by atoms with Crippen molar-refractivity contribution < 1.29 is 9.26 Å². The van der Waals surface area contributed by atoms with Crippen LogP contribution in [0.25, 0.3) is 11.4 Å². The Kier molecular flexibility index (Phi) is 4.28. The molecule has 0 saturated heterocycles. The van der Waals surface area contributed by atoms with Gasteiger partial charge in [0, 0.05) is 5.02 Å². The van der Waals surface area contributed by atoms with E-state index < -0.39 is 0 Å². The molecule has 0 aliphatic rings. The second-order valence-corrected chi connectivity index (χ2v) is 5.81. The van der Waals surface area contributed by atoms with Gasteiger partial charge < -0.3 is 9.26 Å². The number of rotatable bonds is 4. The molecule has 3 rings (SSSR count). The van der Waals surface area contributed by atoms with E-state index in [4.69, 9.17) is 32.5 Å². The van der Waals surface area contributed by atoms with Gasteiger partial charge in [0.2, 0.25) is 11.7 Å². The average molecular weight is 353 g/mol. The Bertz CT molecular complexity index is 857. The smallest absolute Gasteiger partial charge is 0.248 e. The van der Waals surface area contributed by atoms with Crippen LogP contribution in [0.3, 0.4) is 0 Å². The Morgan fingerprint density at radius 1 is 1.26 bits per heavy atom. The number of hydrogen-bond acceptors (Lipinski definition) is 5. The molecule has 2 heterocycles. The fourth-order valence-corrected chi connectivity index (χ4v) is 2.55. The van der Waals surface area contributed by atoms with Gasteiger partial charge in [0.25, 0.3) is 0 Å².